The Balaban J connectivity index is 2.45. The SMILES string of the molecule is CC(C)(C)OC(=O)NCCNCc1ccc(N=[N+]=[N-])c(N=[N+]=[N-])c1. The maximum atomic E-state index is 11.5. The van der Waals surface area contributed by atoms with Crippen LogP contribution in [-0.4, -0.2) is 24.8 Å². The van der Waals surface area contributed by atoms with Crippen LogP contribution in [0.5, 0.6) is 0 Å². The molecular weight excluding hydrogens is 312 g/mol. The molecule has 0 radical (unpaired) electrons. The van der Waals surface area contributed by atoms with E-state index in [-0.39, 0.29) is 11.4 Å². The van der Waals surface area contributed by atoms with E-state index in [0.29, 0.717) is 19.6 Å². The molecule has 10 nitrogen and oxygen atoms in total. The van der Waals surface area contributed by atoms with Gasteiger partial charge in [-0.3, -0.25) is 0 Å². The van der Waals surface area contributed by atoms with Crippen molar-refractivity contribution in [2.45, 2.75) is 32.9 Å². The lowest BCUT2D eigenvalue weighted by atomic mass is 10.2. The molecule has 0 saturated heterocycles. The van der Waals surface area contributed by atoms with Crippen molar-refractivity contribution in [3.63, 3.8) is 0 Å². The van der Waals surface area contributed by atoms with Gasteiger partial charge in [0.05, 0.1) is 0 Å². The minimum Gasteiger partial charge on any atom is -0.444 e. The van der Waals surface area contributed by atoms with Gasteiger partial charge in [-0.15, -0.1) is 0 Å². The molecule has 0 aliphatic carbocycles. The van der Waals surface area contributed by atoms with Crippen LogP contribution >= 0.6 is 0 Å². The van der Waals surface area contributed by atoms with Gasteiger partial charge in [-0.1, -0.05) is 22.4 Å². The van der Waals surface area contributed by atoms with Crippen molar-refractivity contribution in [3.8, 4) is 0 Å². The molecule has 1 aromatic rings. The number of azide groups is 2. The van der Waals surface area contributed by atoms with Crippen molar-refractivity contribution >= 4 is 17.5 Å². The lowest BCUT2D eigenvalue weighted by molar-refractivity contribution is 0.0528. The Morgan fingerprint density at radius 2 is 1.83 bits per heavy atom. The summed E-state index contributed by atoms with van der Waals surface area (Å²) in [5.74, 6) is 0. The topological polar surface area (TPSA) is 148 Å². The van der Waals surface area contributed by atoms with Crippen molar-refractivity contribution in [2.75, 3.05) is 13.1 Å². The van der Waals surface area contributed by atoms with Crippen molar-refractivity contribution in [1.29, 1.82) is 0 Å². The number of benzene rings is 1. The van der Waals surface area contributed by atoms with Crippen molar-refractivity contribution in [1.82, 2.24) is 10.6 Å². The summed E-state index contributed by atoms with van der Waals surface area (Å²) in [5, 5.41) is 12.7. The van der Waals surface area contributed by atoms with Gasteiger partial charge in [0.15, 0.2) is 0 Å². The molecule has 0 aliphatic heterocycles. The van der Waals surface area contributed by atoms with Crippen molar-refractivity contribution < 1.29 is 9.53 Å². The smallest absolute Gasteiger partial charge is 0.407 e. The highest BCUT2D eigenvalue weighted by Gasteiger charge is 2.15. The minimum atomic E-state index is -0.525. The summed E-state index contributed by atoms with van der Waals surface area (Å²) in [6.45, 7) is 6.84. The molecule has 2 N–H and O–H groups in total. The Morgan fingerprint density at radius 3 is 2.46 bits per heavy atom. The maximum absolute atomic E-state index is 11.5. The molecule has 0 aromatic heterocycles. The molecule has 0 unspecified atom stereocenters. The van der Waals surface area contributed by atoms with Gasteiger partial charge in [0.2, 0.25) is 0 Å². The second-order valence-electron chi connectivity index (χ2n) is 5.81. The highest BCUT2D eigenvalue weighted by atomic mass is 16.6. The molecular formula is C14H20N8O2. The average molecular weight is 332 g/mol. The number of amides is 1. The van der Waals surface area contributed by atoms with E-state index in [4.69, 9.17) is 15.8 Å². The Bertz CT molecular complexity index is 670. The molecule has 0 spiro atoms. The molecule has 10 heteroatoms. The molecule has 1 amide bonds. The number of alkyl carbamates (subject to hydrolysis) is 1. The largest absolute Gasteiger partial charge is 0.444 e. The first-order chi connectivity index (χ1) is 11.4. The van der Waals surface area contributed by atoms with E-state index in [2.05, 4.69) is 30.7 Å². The predicted molar refractivity (Wildman–Crippen MR) is 90.0 cm³/mol. The van der Waals surface area contributed by atoms with E-state index in [9.17, 15) is 4.79 Å². The Hall–Kier alpha value is -2.93. The second-order valence-corrected chi connectivity index (χ2v) is 5.81. The molecule has 128 valence electrons. The number of ether oxygens (including phenoxy) is 1. The van der Waals surface area contributed by atoms with Gasteiger partial charge < -0.3 is 15.4 Å². The number of rotatable bonds is 7. The molecule has 1 aromatic carbocycles. The highest BCUT2D eigenvalue weighted by molar-refractivity contribution is 5.67. The number of nitrogens with zero attached hydrogens (tertiary/aromatic N) is 6. The summed E-state index contributed by atoms with van der Waals surface area (Å²) in [7, 11) is 0. The first-order valence-electron chi connectivity index (χ1n) is 7.26. The van der Waals surface area contributed by atoms with Gasteiger partial charge >= 0.3 is 6.09 Å². The first-order valence-corrected chi connectivity index (χ1v) is 7.26. The van der Waals surface area contributed by atoms with Crippen LogP contribution in [0.25, 0.3) is 20.9 Å². The van der Waals surface area contributed by atoms with Crippen molar-refractivity contribution in [3.05, 3.63) is 44.6 Å². The van der Waals surface area contributed by atoms with E-state index >= 15 is 0 Å². The summed E-state index contributed by atoms with van der Waals surface area (Å²) >= 11 is 0. The molecule has 24 heavy (non-hydrogen) atoms. The zero-order chi connectivity index (χ0) is 18.0. The zero-order valence-electron chi connectivity index (χ0n) is 13.9. The molecule has 0 fully saturated rings. The molecule has 1 rings (SSSR count). The van der Waals surface area contributed by atoms with E-state index in [1.165, 1.54) is 0 Å². The van der Waals surface area contributed by atoms with Crippen LogP contribution < -0.4 is 10.6 Å². The van der Waals surface area contributed by atoms with Crippen LogP contribution in [0.2, 0.25) is 0 Å². The number of hydrogen-bond donors (Lipinski definition) is 2. The fourth-order valence-corrected chi connectivity index (χ4v) is 1.74. The fraction of sp³-hybridized carbons (Fsp3) is 0.500. The van der Waals surface area contributed by atoms with Crippen LogP contribution in [0.3, 0.4) is 0 Å². The van der Waals surface area contributed by atoms with Gasteiger partial charge in [0, 0.05) is 40.8 Å². The van der Waals surface area contributed by atoms with Crippen LogP contribution in [-0.2, 0) is 11.3 Å². The van der Waals surface area contributed by atoms with E-state index in [1.54, 1.807) is 39.0 Å². The second kappa shape index (κ2) is 9.26. The summed E-state index contributed by atoms with van der Waals surface area (Å²) in [6, 6.07) is 4.98. The zero-order valence-corrected chi connectivity index (χ0v) is 13.9. The highest BCUT2D eigenvalue weighted by Crippen LogP contribution is 2.29. The Kier molecular flexibility index (Phi) is 7.38. The fourth-order valence-electron chi connectivity index (χ4n) is 1.74. The lowest BCUT2D eigenvalue weighted by Crippen LogP contribution is -2.36. The quantitative estimate of drug-likeness (QED) is 0.334. The van der Waals surface area contributed by atoms with Gasteiger partial charge in [0.1, 0.15) is 5.60 Å². The molecule has 0 aliphatic rings. The first kappa shape index (κ1) is 19.1. The third-order valence-electron chi connectivity index (χ3n) is 2.64. The third kappa shape index (κ3) is 7.37. The summed E-state index contributed by atoms with van der Waals surface area (Å²) in [5.41, 5.74) is 17.9. The number of carbonyl (C=O) groups is 1. The van der Waals surface area contributed by atoms with Crippen molar-refractivity contribution in [2.24, 2.45) is 10.2 Å². The van der Waals surface area contributed by atoms with E-state index in [1.807, 2.05) is 0 Å². The number of hydrogen-bond acceptors (Lipinski definition) is 5. The van der Waals surface area contributed by atoms with Crippen LogP contribution in [0.1, 0.15) is 26.3 Å². The number of carbonyl (C=O) groups excluding carboxylic acids is 1. The van der Waals surface area contributed by atoms with E-state index in [0.717, 1.165) is 5.56 Å². The monoisotopic (exact) mass is 332 g/mol. The summed E-state index contributed by atoms with van der Waals surface area (Å²) < 4.78 is 5.12. The lowest BCUT2D eigenvalue weighted by Gasteiger charge is -2.19. The Morgan fingerprint density at radius 1 is 1.17 bits per heavy atom. The standard InChI is InChI=1S/C14H20N8O2/c1-14(2,3)24-13(23)18-7-6-17-9-10-4-5-11(19-21-15)12(8-10)20-22-16/h4-5,8,17H,6-7,9H2,1-3H3,(H,18,23). The van der Waals surface area contributed by atoms with Gasteiger partial charge in [-0.2, -0.15) is 0 Å². The molecule has 0 bridgehead atoms. The van der Waals surface area contributed by atoms with E-state index < -0.39 is 11.7 Å². The third-order valence-corrected chi connectivity index (χ3v) is 2.64. The summed E-state index contributed by atoms with van der Waals surface area (Å²) in [6.07, 6.45) is -0.464. The normalized spacial score (nSPS) is 10.3. The maximum Gasteiger partial charge on any atom is 0.407 e. The molecule has 0 atom stereocenters. The molecule has 0 heterocycles. The Labute approximate surface area is 139 Å². The molecule has 0 saturated carbocycles. The minimum absolute atomic E-state index is 0.265. The van der Waals surface area contributed by atoms with Crippen LogP contribution in [0.4, 0.5) is 16.2 Å². The van der Waals surface area contributed by atoms with Crippen LogP contribution in [0.15, 0.2) is 28.4 Å². The number of nitrogens with one attached hydrogen (secondary N) is 2. The van der Waals surface area contributed by atoms with Gasteiger partial charge in [-0.05, 0) is 43.5 Å². The summed E-state index contributed by atoms with van der Waals surface area (Å²) in [4.78, 5) is 16.8. The predicted octanol–water partition coefficient (Wildman–Crippen LogP) is 4.18. The van der Waals surface area contributed by atoms with Gasteiger partial charge in [0.25, 0.3) is 0 Å². The van der Waals surface area contributed by atoms with Crippen LogP contribution in [0, 0.1) is 0 Å². The van der Waals surface area contributed by atoms with Gasteiger partial charge in [-0.25, -0.2) is 4.79 Å². The average Bonchev–Trinajstić information content (AvgIpc) is 2.48.